The summed E-state index contributed by atoms with van der Waals surface area (Å²) < 4.78 is -0.779. The summed E-state index contributed by atoms with van der Waals surface area (Å²) in [5, 5.41) is 12.7. The highest BCUT2D eigenvalue weighted by Crippen LogP contribution is 2.33. The number of anilines is 1. The number of nitrogens with zero attached hydrogens (tertiary/aromatic N) is 1. The van der Waals surface area contributed by atoms with Crippen molar-refractivity contribution >= 4 is 61.5 Å². The van der Waals surface area contributed by atoms with Crippen LogP contribution in [-0.2, 0) is 0 Å². The molecule has 0 spiro atoms. The maximum absolute atomic E-state index is 9.52. The van der Waals surface area contributed by atoms with E-state index in [1.165, 1.54) is 11.3 Å². The lowest BCUT2D eigenvalue weighted by Crippen LogP contribution is -2.33. The van der Waals surface area contributed by atoms with E-state index in [1.54, 1.807) is 0 Å². The molecule has 0 aliphatic rings. The second-order valence-corrected chi connectivity index (χ2v) is 6.47. The maximum Gasteiger partial charge on any atom is 0.234 e. The molecule has 0 saturated carbocycles. The van der Waals surface area contributed by atoms with Crippen molar-refractivity contribution in [3.63, 3.8) is 0 Å². The van der Waals surface area contributed by atoms with Gasteiger partial charge in [0.1, 0.15) is 0 Å². The van der Waals surface area contributed by atoms with E-state index in [0.717, 1.165) is 10.2 Å². The first kappa shape index (κ1) is 12.2. The summed E-state index contributed by atoms with van der Waals surface area (Å²) in [4.78, 5) is 4.24. The standard InChI is InChI=1S/C9H7Cl3N2OS/c10-9(11,12)7(15)14-8-13-5-3-1-2-4-6(5)16-8/h1-4,7,15H,(H,13,14). The summed E-state index contributed by atoms with van der Waals surface area (Å²) >= 11 is 18.0. The van der Waals surface area contributed by atoms with Crippen LogP contribution in [0.25, 0.3) is 10.2 Å². The molecule has 2 N–H and O–H groups in total. The van der Waals surface area contributed by atoms with E-state index < -0.39 is 10.0 Å². The molecule has 0 bridgehead atoms. The van der Waals surface area contributed by atoms with Gasteiger partial charge >= 0.3 is 0 Å². The van der Waals surface area contributed by atoms with Crippen molar-refractivity contribution in [3.8, 4) is 0 Å². The highest BCUT2D eigenvalue weighted by Gasteiger charge is 2.31. The summed E-state index contributed by atoms with van der Waals surface area (Å²) in [5.74, 6) is 0. The Labute approximate surface area is 111 Å². The van der Waals surface area contributed by atoms with Gasteiger partial charge < -0.3 is 10.4 Å². The lowest BCUT2D eigenvalue weighted by molar-refractivity contribution is 0.208. The highest BCUT2D eigenvalue weighted by atomic mass is 35.6. The minimum atomic E-state index is -1.78. The molecule has 1 aromatic heterocycles. The molecular weight excluding hydrogens is 291 g/mol. The van der Waals surface area contributed by atoms with E-state index in [9.17, 15) is 5.11 Å². The number of para-hydroxylation sites is 1. The van der Waals surface area contributed by atoms with Crippen molar-refractivity contribution in [3.05, 3.63) is 24.3 Å². The van der Waals surface area contributed by atoms with Crippen LogP contribution < -0.4 is 5.32 Å². The second-order valence-electron chi connectivity index (χ2n) is 3.08. The van der Waals surface area contributed by atoms with Crippen molar-refractivity contribution in [2.75, 3.05) is 5.32 Å². The Morgan fingerprint density at radius 2 is 2.00 bits per heavy atom. The van der Waals surface area contributed by atoms with Gasteiger partial charge in [0, 0.05) is 0 Å². The molecule has 7 heteroatoms. The van der Waals surface area contributed by atoms with Crippen LogP contribution in [0.4, 0.5) is 5.13 Å². The SMILES string of the molecule is OC(Nc1nc2ccccc2s1)C(Cl)(Cl)Cl. The van der Waals surface area contributed by atoms with Crippen LogP contribution in [0.1, 0.15) is 0 Å². The summed E-state index contributed by atoms with van der Waals surface area (Å²) in [6, 6.07) is 7.60. The van der Waals surface area contributed by atoms with Gasteiger partial charge in [-0.05, 0) is 12.1 Å². The van der Waals surface area contributed by atoms with Crippen LogP contribution in [0.5, 0.6) is 0 Å². The molecule has 0 aliphatic heterocycles. The first-order valence-corrected chi connectivity index (χ1v) is 6.29. The minimum Gasteiger partial charge on any atom is -0.369 e. The van der Waals surface area contributed by atoms with E-state index in [4.69, 9.17) is 34.8 Å². The monoisotopic (exact) mass is 296 g/mol. The van der Waals surface area contributed by atoms with Gasteiger partial charge in [-0.25, -0.2) is 4.98 Å². The van der Waals surface area contributed by atoms with Gasteiger partial charge in [-0.15, -0.1) is 0 Å². The number of benzene rings is 1. The van der Waals surface area contributed by atoms with Crippen LogP contribution in [-0.4, -0.2) is 20.1 Å². The zero-order chi connectivity index (χ0) is 11.8. The predicted molar refractivity (Wildman–Crippen MR) is 69.5 cm³/mol. The Morgan fingerprint density at radius 3 is 2.62 bits per heavy atom. The molecule has 1 aromatic carbocycles. The van der Waals surface area contributed by atoms with E-state index in [-0.39, 0.29) is 0 Å². The number of hydrogen-bond donors (Lipinski definition) is 2. The number of thiazole rings is 1. The summed E-state index contributed by atoms with van der Waals surface area (Å²) in [5.41, 5.74) is 0.839. The molecule has 2 rings (SSSR count). The van der Waals surface area contributed by atoms with Crippen LogP contribution in [0.3, 0.4) is 0 Å². The fraction of sp³-hybridized carbons (Fsp3) is 0.222. The number of aromatic nitrogens is 1. The quantitative estimate of drug-likeness (QED) is 0.659. The van der Waals surface area contributed by atoms with Gasteiger partial charge in [0.05, 0.1) is 10.2 Å². The maximum atomic E-state index is 9.52. The number of aliphatic hydroxyl groups excluding tert-OH is 1. The Bertz CT molecular complexity index is 464. The summed E-state index contributed by atoms with van der Waals surface area (Å²) in [6.07, 6.45) is -1.29. The lowest BCUT2D eigenvalue weighted by Gasteiger charge is -2.19. The van der Waals surface area contributed by atoms with E-state index in [1.807, 2.05) is 24.3 Å². The number of hydrogen-bond acceptors (Lipinski definition) is 4. The Balaban J connectivity index is 2.22. The van der Waals surface area contributed by atoms with Gasteiger partial charge in [0.25, 0.3) is 0 Å². The predicted octanol–water partition coefficient (Wildman–Crippen LogP) is 3.40. The molecule has 0 radical (unpaired) electrons. The Kier molecular flexibility index (Phi) is 3.47. The summed E-state index contributed by atoms with van der Waals surface area (Å²) in [6.45, 7) is 0. The van der Waals surface area contributed by atoms with Crippen molar-refractivity contribution < 1.29 is 5.11 Å². The first-order chi connectivity index (χ1) is 7.47. The Hall–Kier alpha value is -0.260. The molecule has 0 amide bonds. The fourth-order valence-corrected chi connectivity index (χ4v) is 2.18. The van der Waals surface area contributed by atoms with Crippen LogP contribution in [0, 0.1) is 0 Å². The van der Waals surface area contributed by atoms with E-state index >= 15 is 0 Å². The molecule has 1 unspecified atom stereocenters. The largest absolute Gasteiger partial charge is 0.369 e. The normalized spacial score (nSPS) is 14.0. The van der Waals surface area contributed by atoms with Crippen LogP contribution in [0.2, 0.25) is 0 Å². The molecule has 3 nitrogen and oxygen atoms in total. The highest BCUT2D eigenvalue weighted by molar-refractivity contribution is 7.22. The van der Waals surface area contributed by atoms with Gasteiger partial charge in [-0.2, -0.15) is 0 Å². The molecule has 0 fully saturated rings. The second kappa shape index (κ2) is 4.55. The molecule has 0 aliphatic carbocycles. The molecule has 86 valence electrons. The number of alkyl halides is 3. The zero-order valence-corrected chi connectivity index (χ0v) is 10.9. The third kappa shape index (κ3) is 2.70. The van der Waals surface area contributed by atoms with Gasteiger partial charge in [0.2, 0.25) is 3.79 Å². The van der Waals surface area contributed by atoms with Crippen molar-refractivity contribution in [1.82, 2.24) is 4.98 Å². The number of nitrogens with one attached hydrogen (secondary N) is 1. The van der Waals surface area contributed by atoms with E-state index in [2.05, 4.69) is 10.3 Å². The van der Waals surface area contributed by atoms with Crippen molar-refractivity contribution in [2.45, 2.75) is 10.0 Å². The lowest BCUT2D eigenvalue weighted by atomic mass is 10.3. The third-order valence-electron chi connectivity index (χ3n) is 1.86. The number of halogens is 3. The first-order valence-electron chi connectivity index (χ1n) is 4.34. The molecule has 16 heavy (non-hydrogen) atoms. The zero-order valence-electron chi connectivity index (χ0n) is 7.82. The molecule has 1 heterocycles. The molecular formula is C9H7Cl3N2OS. The number of rotatable bonds is 2. The Morgan fingerprint density at radius 1 is 1.31 bits per heavy atom. The number of aliphatic hydroxyl groups is 1. The van der Waals surface area contributed by atoms with Crippen LogP contribution in [0.15, 0.2) is 24.3 Å². The summed E-state index contributed by atoms with van der Waals surface area (Å²) in [7, 11) is 0. The van der Waals surface area contributed by atoms with Gasteiger partial charge in [-0.3, -0.25) is 0 Å². The minimum absolute atomic E-state index is 0.514. The third-order valence-corrected chi connectivity index (χ3v) is 3.45. The van der Waals surface area contributed by atoms with E-state index in [0.29, 0.717) is 5.13 Å². The average molecular weight is 298 g/mol. The van der Waals surface area contributed by atoms with Gasteiger partial charge in [0.15, 0.2) is 11.4 Å². The molecule has 1 atom stereocenters. The fourth-order valence-electron chi connectivity index (χ4n) is 1.13. The topological polar surface area (TPSA) is 45.1 Å². The average Bonchev–Trinajstić information content (AvgIpc) is 2.58. The van der Waals surface area contributed by atoms with Crippen molar-refractivity contribution in [2.24, 2.45) is 0 Å². The number of fused-ring (bicyclic) bond motifs is 1. The molecule has 0 saturated heterocycles. The van der Waals surface area contributed by atoms with Gasteiger partial charge in [-0.1, -0.05) is 58.3 Å². The van der Waals surface area contributed by atoms with Crippen LogP contribution >= 0.6 is 46.1 Å². The molecule has 2 aromatic rings. The smallest absolute Gasteiger partial charge is 0.234 e. The van der Waals surface area contributed by atoms with Crippen molar-refractivity contribution in [1.29, 1.82) is 0 Å².